The maximum absolute atomic E-state index is 13.1. The van der Waals surface area contributed by atoms with Gasteiger partial charge in [-0.25, -0.2) is 13.2 Å². The Hall–Kier alpha value is -1.24. The highest BCUT2D eigenvalue weighted by atomic mass is 19.4. The number of halogens is 6. The Morgan fingerprint density at radius 2 is 1.76 bits per heavy atom. The molecule has 0 aliphatic carbocycles. The normalized spacial score (nSPS) is 14.1. The van der Waals surface area contributed by atoms with Crippen molar-refractivity contribution in [2.45, 2.75) is 25.1 Å². The van der Waals surface area contributed by atoms with E-state index in [9.17, 15) is 26.3 Å². The first-order chi connectivity index (χ1) is 7.71. The van der Waals surface area contributed by atoms with Crippen LogP contribution in [0.15, 0.2) is 18.2 Å². The minimum Gasteiger partial charge on any atom is -0.324 e. The van der Waals surface area contributed by atoms with Crippen molar-refractivity contribution < 1.29 is 26.3 Å². The predicted molar refractivity (Wildman–Crippen MR) is 49.0 cm³/mol. The van der Waals surface area contributed by atoms with Crippen LogP contribution >= 0.6 is 0 Å². The lowest BCUT2D eigenvalue weighted by Gasteiger charge is -2.14. The molecule has 0 aromatic heterocycles. The predicted octanol–water partition coefficient (Wildman–Crippen LogP) is 3.50. The lowest BCUT2D eigenvalue weighted by Crippen LogP contribution is -2.15. The molecule has 0 unspecified atom stereocenters. The van der Waals surface area contributed by atoms with Crippen LogP contribution in [0.5, 0.6) is 0 Å². The van der Waals surface area contributed by atoms with Crippen molar-refractivity contribution in [3.8, 4) is 0 Å². The van der Waals surface area contributed by atoms with Crippen molar-refractivity contribution >= 4 is 0 Å². The second-order valence-electron chi connectivity index (χ2n) is 3.47. The summed E-state index contributed by atoms with van der Waals surface area (Å²) in [5.74, 6) is -1.51. The van der Waals surface area contributed by atoms with E-state index in [0.717, 1.165) is 6.07 Å². The Morgan fingerprint density at radius 1 is 1.18 bits per heavy atom. The lowest BCUT2D eigenvalue weighted by molar-refractivity contribution is -0.140. The zero-order chi connectivity index (χ0) is 13.2. The first kappa shape index (κ1) is 13.8. The molecule has 0 aliphatic rings. The van der Waals surface area contributed by atoms with E-state index in [1.807, 2.05) is 0 Å². The number of nitrogens with two attached hydrogens (primary N) is 1. The second-order valence-corrected chi connectivity index (χ2v) is 3.47. The average Bonchev–Trinajstić information content (AvgIpc) is 2.14. The van der Waals surface area contributed by atoms with E-state index in [-0.39, 0.29) is 5.56 Å². The highest BCUT2D eigenvalue weighted by Crippen LogP contribution is 2.32. The van der Waals surface area contributed by atoms with Gasteiger partial charge in [0.05, 0.1) is 5.56 Å². The van der Waals surface area contributed by atoms with E-state index in [4.69, 9.17) is 5.73 Å². The number of rotatable bonds is 3. The topological polar surface area (TPSA) is 26.0 Å². The Kier molecular flexibility index (Phi) is 4.03. The summed E-state index contributed by atoms with van der Waals surface area (Å²) in [7, 11) is 0. The quantitative estimate of drug-likeness (QED) is 0.824. The molecule has 0 radical (unpaired) electrons. The van der Waals surface area contributed by atoms with Gasteiger partial charge in [-0.2, -0.15) is 13.2 Å². The molecule has 1 atom stereocenters. The van der Waals surface area contributed by atoms with Gasteiger partial charge in [0.2, 0.25) is 6.43 Å². The molecule has 0 aliphatic heterocycles. The first-order valence-corrected chi connectivity index (χ1v) is 4.62. The fourth-order valence-corrected chi connectivity index (χ4v) is 1.32. The van der Waals surface area contributed by atoms with Crippen molar-refractivity contribution in [3.05, 3.63) is 35.1 Å². The van der Waals surface area contributed by atoms with Crippen LogP contribution in [0.2, 0.25) is 0 Å². The van der Waals surface area contributed by atoms with Gasteiger partial charge in [0.1, 0.15) is 5.82 Å². The third-order valence-corrected chi connectivity index (χ3v) is 2.16. The SMILES string of the molecule is N[C@@H](CC(F)F)c1ccc(C(F)(F)F)c(F)c1. The molecule has 1 nitrogen and oxygen atoms in total. The standard InChI is InChI=1S/C10H9F6N/c11-7-3-5(8(17)4-9(12)13)1-2-6(7)10(14,15)16/h1-3,8-9H,4,17H2/t8-/m0/s1. The van der Waals surface area contributed by atoms with Crippen molar-refractivity contribution in [1.29, 1.82) is 0 Å². The molecule has 17 heavy (non-hydrogen) atoms. The lowest BCUT2D eigenvalue weighted by atomic mass is 10.0. The molecule has 0 fully saturated rings. The van der Waals surface area contributed by atoms with Gasteiger partial charge in [0.15, 0.2) is 0 Å². The molecule has 0 saturated heterocycles. The summed E-state index contributed by atoms with van der Waals surface area (Å²) in [5.41, 5.74) is 3.77. The van der Waals surface area contributed by atoms with E-state index in [0.29, 0.717) is 12.1 Å². The van der Waals surface area contributed by atoms with Crippen LogP contribution in [-0.2, 0) is 6.18 Å². The van der Waals surface area contributed by atoms with Gasteiger partial charge in [-0.1, -0.05) is 6.07 Å². The fourth-order valence-electron chi connectivity index (χ4n) is 1.32. The smallest absolute Gasteiger partial charge is 0.324 e. The number of hydrogen-bond donors (Lipinski definition) is 1. The molecular formula is C10H9F6N. The molecule has 2 N–H and O–H groups in total. The highest BCUT2D eigenvalue weighted by Gasteiger charge is 2.34. The molecule has 1 rings (SSSR count). The average molecular weight is 257 g/mol. The van der Waals surface area contributed by atoms with E-state index < -0.39 is 36.4 Å². The zero-order valence-electron chi connectivity index (χ0n) is 8.44. The Labute approximate surface area is 93.2 Å². The van der Waals surface area contributed by atoms with Gasteiger partial charge >= 0.3 is 6.18 Å². The van der Waals surface area contributed by atoms with E-state index in [1.165, 1.54) is 0 Å². The van der Waals surface area contributed by atoms with Crippen molar-refractivity contribution in [1.82, 2.24) is 0 Å². The van der Waals surface area contributed by atoms with Crippen molar-refractivity contribution in [2.75, 3.05) is 0 Å². The molecule has 0 heterocycles. The van der Waals surface area contributed by atoms with E-state index >= 15 is 0 Å². The molecule has 7 heteroatoms. The summed E-state index contributed by atoms with van der Waals surface area (Å²) >= 11 is 0. The Balaban J connectivity index is 2.97. The summed E-state index contributed by atoms with van der Waals surface area (Å²) in [5, 5.41) is 0. The maximum atomic E-state index is 13.1. The summed E-state index contributed by atoms with van der Waals surface area (Å²) < 4.78 is 73.7. The van der Waals surface area contributed by atoms with Crippen LogP contribution in [-0.4, -0.2) is 6.43 Å². The van der Waals surface area contributed by atoms with Crippen molar-refractivity contribution in [3.63, 3.8) is 0 Å². The third kappa shape index (κ3) is 3.62. The van der Waals surface area contributed by atoms with Gasteiger partial charge < -0.3 is 5.73 Å². The second kappa shape index (κ2) is 4.95. The maximum Gasteiger partial charge on any atom is 0.419 e. The van der Waals surface area contributed by atoms with Gasteiger partial charge in [-0.15, -0.1) is 0 Å². The molecule has 1 aromatic carbocycles. The summed E-state index contributed by atoms with van der Waals surface area (Å²) in [6.07, 6.45) is -8.24. The minimum atomic E-state index is -4.81. The van der Waals surface area contributed by atoms with Crippen LogP contribution in [0, 0.1) is 5.82 Å². The van der Waals surface area contributed by atoms with Crippen LogP contribution in [0.3, 0.4) is 0 Å². The van der Waals surface area contributed by atoms with Gasteiger partial charge in [0, 0.05) is 12.5 Å². The van der Waals surface area contributed by atoms with E-state index in [2.05, 4.69) is 0 Å². The van der Waals surface area contributed by atoms with Gasteiger partial charge in [0.25, 0.3) is 0 Å². The number of alkyl halides is 5. The van der Waals surface area contributed by atoms with Crippen molar-refractivity contribution in [2.24, 2.45) is 5.73 Å². The summed E-state index contributed by atoms with van der Waals surface area (Å²) in [6.45, 7) is 0. The van der Waals surface area contributed by atoms with Crippen LogP contribution < -0.4 is 5.73 Å². The Bertz CT molecular complexity index is 387. The van der Waals surface area contributed by atoms with E-state index in [1.54, 1.807) is 0 Å². The Morgan fingerprint density at radius 3 is 2.18 bits per heavy atom. The fraction of sp³-hybridized carbons (Fsp3) is 0.400. The van der Waals surface area contributed by atoms with Crippen LogP contribution in [0.4, 0.5) is 26.3 Å². The zero-order valence-corrected chi connectivity index (χ0v) is 8.44. The summed E-state index contributed by atoms with van der Waals surface area (Å²) in [4.78, 5) is 0. The molecule has 0 spiro atoms. The molecule has 0 saturated carbocycles. The molecule has 96 valence electrons. The number of benzene rings is 1. The van der Waals surface area contributed by atoms with Gasteiger partial charge in [-0.3, -0.25) is 0 Å². The minimum absolute atomic E-state index is 0.0872. The molecular weight excluding hydrogens is 248 g/mol. The molecule has 1 aromatic rings. The highest BCUT2D eigenvalue weighted by molar-refractivity contribution is 5.28. The van der Waals surface area contributed by atoms with Crippen LogP contribution in [0.1, 0.15) is 23.6 Å². The molecule has 0 amide bonds. The van der Waals surface area contributed by atoms with Crippen LogP contribution in [0.25, 0.3) is 0 Å². The third-order valence-electron chi connectivity index (χ3n) is 2.16. The molecule has 0 bridgehead atoms. The number of hydrogen-bond acceptors (Lipinski definition) is 1. The largest absolute Gasteiger partial charge is 0.419 e. The van der Waals surface area contributed by atoms with Gasteiger partial charge in [-0.05, 0) is 17.7 Å². The monoisotopic (exact) mass is 257 g/mol. The first-order valence-electron chi connectivity index (χ1n) is 4.62. The summed E-state index contributed by atoms with van der Waals surface area (Å²) in [6, 6.07) is 0.747.